The lowest BCUT2D eigenvalue weighted by Crippen LogP contribution is -2.34. The van der Waals surface area contributed by atoms with Crippen molar-refractivity contribution in [1.29, 1.82) is 0 Å². The van der Waals surface area contributed by atoms with Gasteiger partial charge < -0.3 is 0 Å². The number of hydrogen-bond donors (Lipinski definition) is 0. The molecule has 3 heteroatoms. The first-order chi connectivity index (χ1) is 4.72. The molecular weight excluding hydrogens is 128 g/mol. The Kier molecular flexibility index (Phi) is 1.97. The molecule has 54 valence electrons. The molecule has 0 bridgehead atoms. The largest absolute Gasteiger partial charge is 0.291 e. The Morgan fingerprint density at radius 3 is 2.70 bits per heavy atom. The van der Waals surface area contributed by atoms with E-state index in [2.05, 4.69) is 4.99 Å². The highest BCUT2D eigenvalue weighted by molar-refractivity contribution is 6.00. The van der Waals surface area contributed by atoms with Crippen LogP contribution in [0.15, 0.2) is 17.1 Å². The molecule has 1 aliphatic heterocycles. The Balaban J connectivity index is 2.70. The first-order valence-corrected chi connectivity index (χ1v) is 3.12. The van der Waals surface area contributed by atoms with Crippen LogP contribution in [0.4, 0.5) is 0 Å². The van der Waals surface area contributed by atoms with E-state index < -0.39 is 0 Å². The molecule has 0 amide bonds. The number of dihydropyridines is 1. The molecular formula is C7H10N2O. The van der Waals surface area contributed by atoms with E-state index in [-0.39, 0.29) is 11.9 Å². The van der Waals surface area contributed by atoms with Crippen molar-refractivity contribution in [2.75, 3.05) is 14.1 Å². The van der Waals surface area contributed by atoms with Crippen molar-refractivity contribution in [3.8, 4) is 0 Å². The number of likely N-dealkylation sites (N-methyl/N-ethyl adjacent to an activating group) is 1. The van der Waals surface area contributed by atoms with Crippen LogP contribution in [0.1, 0.15) is 0 Å². The molecule has 0 aromatic heterocycles. The Morgan fingerprint density at radius 1 is 1.60 bits per heavy atom. The summed E-state index contributed by atoms with van der Waals surface area (Å²) in [6.45, 7) is 0. The van der Waals surface area contributed by atoms with Crippen molar-refractivity contribution < 1.29 is 4.79 Å². The molecule has 3 nitrogen and oxygen atoms in total. The standard InChI is InChI=1S/C7H10N2O/c1-9(2)7-6(10)4-3-5-8-7/h3-5,7H,1-2H3. The van der Waals surface area contributed by atoms with Gasteiger partial charge in [0.05, 0.1) is 0 Å². The lowest BCUT2D eigenvalue weighted by atomic mass is 10.2. The molecule has 0 aliphatic carbocycles. The normalized spacial score (nSPS) is 24.3. The summed E-state index contributed by atoms with van der Waals surface area (Å²) in [6.07, 6.45) is 4.54. The van der Waals surface area contributed by atoms with Gasteiger partial charge in [0.15, 0.2) is 11.9 Å². The summed E-state index contributed by atoms with van der Waals surface area (Å²) in [5, 5.41) is 0. The van der Waals surface area contributed by atoms with E-state index in [1.165, 1.54) is 6.08 Å². The third-order valence-electron chi connectivity index (χ3n) is 1.32. The summed E-state index contributed by atoms with van der Waals surface area (Å²) in [4.78, 5) is 16.7. The maximum Gasteiger partial charge on any atom is 0.194 e. The van der Waals surface area contributed by atoms with Crippen LogP contribution in [0.5, 0.6) is 0 Å². The first-order valence-electron chi connectivity index (χ1n) is 3.12. The molecule has 0 aromatic rings. The van der Waals surface area contributed by atoms with Gasteiger partial charge >= 0.3 is 0 Å². The number of rotatable bonds is 1. The van der Waals surface area contributed by atoms with Gasteiger partial charge in [0.1, 0.15) is 0 Å². The van der Waals surface area contributed by atoms with Gasteiger partial charge in [-0.1, -0.05) is 0 Å². The second-order valence-electron chi connectivity index (χ2n) is 2.40. The van der Waals surface area contributed by atoms with Crippen LogP contribution in [0.2, 0.25) is 0 Å². The minimum atomic E-state index is -0.301. The monoisotopic (exact) mass is 138 g/mol. The number of hydrogen-bond acceptors (Lipinski definition) is 3. The van der Waals surface area contributed by atoms with Crippen LogP contribution in [0, 0.1) is 0 Å². The number of carbonyl (C=O) groups excluding carboxylic acids is 1. The topological polar surface area (TPSA) is 32.7 Å². The second kappa shape index (κ2) is 2.75. The highest BCUT2D eigenvalue weighted by Crippen LogP contribution is 2.01. The number of aliphatic imine (C=N–C) groups is 1. The number of nitrogens with zero attached hydrogens (tertiary/aromatic N) is 2. The van der Waals surface area contributed by atoms with Crippen molar-refractivity contribution in [2.24, 2.45) is 4.99 Å². The lowest BCUT2D eigenvalue weighted by molar-refractivity contribution is -0.118. The van der Waals surface area contributed by atoms with Crippen LogP contribution >= 0.6 is 0 Å². The van der Waals surface area contributed by atoms with Crippen LogP contribution in [-0.2, 0) is 4.79 Å². The van der Waals surface area contributed by atoms with Crippen LogP contribution < -0.4 is 0 Å². The molecule has 0 spiro atoms. The van der Waals surface area contributed by atoms with Gasteiger partial charge in [-0.25, -0.2) is 0 Å². The molecule has 0 saturated carbocycles. The fourth-order valence-electron chi connectivity index (χ4n) is 0.816. The van der Waals surface area contributed by atoms with Gasteiger partial charge in [-0.2, -0.15) is 0 Å². The molecule has 0 N–H and O–H groups in total. The summed E-state index contributed by atoms with van der Waals surface area (Å²) >= 11 is 0. The van der Waals surface area contributed by atoms with Gasteiger partial charge in [0, 0.05) is 6.21 Å². The lowest BCUT2D eigenvalue weighted by Gasteiger charge is -2.18. The van der Waals surface area contributed by atoms with Gasteiger partial charge in [-0.15, -0.1) is 0 Å². The van der Waals surface area contributed by atoms with Crippen molar-refractivity contribution in [1.82, 2.24) is 4.90 Å². The summed E-state index contributed by atoms with van der Waals surface area (Å²) in [5.74, 6) is 0.0486. The molecule has 1 atom stereocenters. The Labute approximate surface area is 60.1 Å². The highest BCUT2D eigenvalue weighted by atomic mass is 16.1. The van der Waals surface area contributed by atoms with Crippen LogP contribution in [0.3, 0.4) is 0 Å². The average molecular weight is 138 g/mol. The maximum absolute atomic E-state index is 11.0. The van der Waals surface area contributed by atoms with E-state index in [4.69, 9.17) is 0 Å². The molecule has 1 rings (SSSR count). The van der Waals surface area contributed by atoms with E-state index in [0.717, 1.165) is 0 Å². The van der Waals surface area contributed by atoms with Crippen LogP contribution in [-0.4, -0.2) is 37.2 Å². The summed E-state index contributed by atoms with van der Waals surface area (Å²) < 4.78 is 0. The summed E-state index contributed by atoms with van der Waals surface area (Å²) in [6, 6.07) is 0. The van der Waals surface area contributed by atoms with Crippen molar-refractivity contribution >= 4 is 12.0 Å². The molecule has 1 aliphatic rings. The Bertz CT molecular complexity index is 194. The smallest absolute Gasteiger partial charge is 0.194 e. The summed E-state index contributed by atoms with van der Waals surface area (Å²) in [7, 11) is 3.66. The predicted molar refractivity (Wildman–Crippen MR) is 40.1 cm³/mol. The summed E-state index contributed by atoms with van der Waals surface area (Å²) in [5.41, 5.74) is 0. The Hall–Kier alpha value is -0.960. The van der Waals surface area contributed by atoms with Crippen molar-refractivity contribution in [2.45, 2.75) is 6.17 Å². The van der Waals surface area contributed by atoms with Crippen molar-refractivity contribution in [3.05, 3.63) is 12.2 Å². The minimum absolute atomic E-state index is 0.0486. The zero-order valence-corrected chi connectivity index (χ0v) is 6.11. The third kappa shape index (κ3) is 1.30. The fraction of sp³-hybridized carbons (Fsp3) is 0.429. The predicted octanol–water partition coefficient (Wildman–Crippen LogP) is 0.0838. The molecule has 0 radical (unpaired) electrons. The van der Waals surface area contributed by atoms with E-state index in [1.807, 2.05) is 14.1 Å². The first kappa shape index (κ1) is 7.15. The third-order valence-corrected chi connectivity index (χ3v) is 1.32. The molecule has 1 heterocycles. The van der Waals surface area contributed by atoms with E-state index in [0.29, 0.717) is 0 Å². The number of allylic oxidation sites excluding steroid dienone is 1. The molecule has 0 fully saturated rings. The molecule has 0 saturated heterocycles. The molecule has 10 heavy (non-hydrogen) atoms. The zero-order valence-electron chi connectivity index (χ0n) is 6.11. The van der Waals surface area contributed by atoms with Gasteiger partial charge in [-0.3, -0.25) is 14.7 Å². The molecule has 0 aromatic carbocycles. The van der Waals surface area contributed by atoms with Gasteiger partial charge in [0.2, 0.25) is 0 Å². The van der Waals surface area contributed by atoms with Crippen LogP contribution in [0.25, 0.3) is 0 Å². The maximum atomic E-state index is 11.0. The van der Waals surface area contributed by atoms with E-state index >= 15 is 0 Å². The Morgan fingerprint density at radius 2 is 2.30 bits per heavy atom. The molecule has 1 unspecified atom stereocenters. The number of ketones is 1. The minimum Gasteiger partial charge on any atom is -0.291 e. The average Bonchev–Trinajstić information content (AvgIpc) is 1.88. The van der Waals surface area contributed by atoms with Gasteiger partial charge in [0.25, 0.3) is 0 Å². The van der Waals surface area contributed by atoms with E-state index in [1.54, 1.807) is 17.2 Å². The van der Waals surface area contributed by atoms with E-state index in [9.17, 15) is 4.79 Å². The second-order valence-corrected chi connectivity index (χ2v) is 2.40. The zero-order chi connectivity index (χ0) is 7.56. The number of carbonyl (C=O) groups is 1. The van der Waals surface area contributed by atoms with Gasteiger partial charge in [-0.05, 0) is 26.2 Å². The fourth-order valence-corrected chi connectivity index (χ4v) is 0.816. The SMILES string of the molecule is CN(C)C1N=CC=CC1=O. The van der Waals surface area contributed by atoms with Crippen molar-refractivity contribution in [3.63, 3.8) is 0 Å². The quantitative estimate of drug-likeness (QED) is 0.514. The highest BCUT2D eigenvalue weighted by Gasteiger charge is 2.17.